The van der Waals surface area contributed by atoms with Gasteiger partial charge in [-0.05, 0) is 79.5 Å². The minimum absolute atomic E-state index is 0.00773. The van der Waals surface area contributed by atoms with Crippen molar-refractivity contribution in [2.24, 2.45) is 5.73 Å². The topological polar surface area (TPSA) is 457 Å². The number of hydrogen-bond donors (Lipinski definition) is 14. The Balaban J connectivity index is 0.872. The maximum Gasteiger partial charge on any atom is 0.407 e. The van der Waals surface area contributed by atoms with E-state index in [9.17, 15) is 84.3 Å². The molecule has 0 spiro atoms. The molecular formula is C53H60FN7O22. The van der Waals surface area contributed by atoms with E-state index in [0.717, 1.165) is 0 Å². The van der Waals surface area contributed by atoms with Crippen molar-refractivity contribution in [2.75, 3.05) is 11.9 Å². The van der Waals surface area contributed by atoms with E-state index in [1.54, 1.807) is 13.8 Å². The zero-order valence-electron chi connectivity index (χ0n) is 44.3. The SMILES string of the molecule is CC[C@@]1(O)C(=O)OCc2c1cc1n(c2=O)Cc2c-1nc1cc(F)c(C)c3c1c2[C@@H](NC(=O)OCc1ccc(O[C@@H]2O[C@H](C(=O)O)[C@@H](O)[C@H](O)[C@H]2O)c(NC(=O)CCNC(=O)[C@@H](N)CCCC(=O)N[C@H]2O[C@H](C(=O)O)[C@@H](O)[C@H](O)[C@H]2O)c1)CC3. The highest BCUT2D eigenvalue weighted by atomic mass is 19.1. The van der Waals surface area contributed by atoms with Gasteiger partial charge in [0.05, 0.1) is 46.8 Å². The van der Waals surface area contributed by atoms with Crippen molar-refractivity contribution in [3.8, 4) is 17.1 Å². The summed E-state index contributed by atoms with van der Waals surface area (Å²) in [5, 5.41) is 102. The molecule has 4 aliphatic heterocycles. The number of pyridine rings is 2. The fourth-order valence-electron chi connectivity index (χ4n) is 10.9. The molecule has 1 aliphatic carbocycles. The number of hydrogen-bond acceptors (Lipinski definition) is 22. The predicted molar refractivity (Wildman–Crippen MR) is 276 cm³/mol. The number of esters is 1. The normalized spacial score (nSPS) is 27.2. The summed E-state index contributed by atoms with van der Waals surface area (Å²) in [5.41, 5.74) is 6.41. The van der Waals surface area contributed by atoms with E-state index < -0.39 is 145 Å². The van der Waals surface area contributed by atoms with Crippen molar-refractivity contribution in [1.29, 1.82) is 0 Å². The Morgan fingerprint density at radius 1 is 0.880 bits per heavy atom. The molecule has 4 aromatic rings. The van der Waals surface area contributed by atoms with Gasteiger partial charge in [0.15, 0.2) is 24.0 Å². The molecule has 2 aromatic heterocycles. The number of aryl methyl sites for hydroxylation is 1. The zero-order valence-corrected chi connectivity index (χ0v) is 44.3. The van der Waals surface area contributed by atoms with Crippen molar-refractivity contribution in [3.05, 3.63) is 85.4 Å². The summed E-state index contributed by atoms with van der Waals surface area (Å²) in [6, 6.07) is 4.67. The molecular weight excluding hydrogens is 1110 g/mol. The molecule has 30 heteroatoms. The molecule has 15 N–H and O–H groups in total. The van der Waals surface area contributed by atoms with Gasteiger partial charge >= 0.3 is 24.0 Å². The number of halogens is 1. The Morgan fingerprint density at radius 2 is 1.58 bits per heavy atom. The lowest BCUT2D eigenvalue weighted by atomic mass is 9.81. The van der Waals surface area contributed by atoms with Gasteiger partial charge in [0, 0.05) is 42.0 Å². The number of aliphatic carboxylic acids is 2. The highest BCUT2D eigenvalue weighted by Crippen LogP contribution is 2.46. The van der Waals surface area contributed by atoms with Crippen LogP contribution in [0.25, 0.3) is 22.3 Å². The molecule has 2 aromatic carbocycles. The highest BCUT2D eigenvalue weighted by Gasteiger charge is 2.50. The van der Waals surface area contributed by atoms with Crippen LogP contribution in [0.3, 0.4) is 0 Å². The first-order chi connectivity index (χ1) is 39.3. The van der Waals surface area contributed by atoms with Crippen LogP contribution in [0.2, 0.25) is 0 Å². The second-order valence-electron chi connectivity index (χ2n) is 20.7. The molecule has 0 unspecified atom stereocenters. The number of anilines is 1. The van der Waals surface area contributed by atoms with E-state index >= 15 is 4.39 Å². The number of benzene rings is 2. The van der Waals surface area contributed by atoms with Gasteiger partial charge in [-0.25, -0.2) is 28.6 Å². The number of carboxylic acids is 2. The summed E-state index contributed by atoms with van der Waals surface area (Å²) in [6.07, 6.45) is -20.8. The van der Waals surface area contributed by atoms with Crippen LogP contribution in [0.4, 0.5) is 14.9 Å². The number of amides is 4. The second kappa shape index (κ2) is 23.8. The van der Waals surface area contributed by atoms with Crippen molar-refractivity contribution < 1.29 is 108 Å². The van der Waals surface area contributed by atoms with Gasteiger partial charge in [-0.2, -0.15) is 0 Å². The number of carboxylic acid groups (broad SMARTS) is 2. The maximum atomic E-state index is 15.5. The third-order valence-corrected chi connectivity index (χ3v) is 15.5. The van der Waals surface area contributed by atoms with E-state index in [1.807, 2.05) is 0 Å². The lowest BCUT2D eigenvalue weighted by Gasteiger charge is -2.38. The average molecular weight is 1170 g/mol. The number of nitrogens with zero attached hydrogens (tertiary/aromatic N) is 2. The van der Waals surface area contributed by atoms with E-state index in [-0.39, 0.29) is 96.8 Å². The molecule has 0 bridgehead atoms. The molecule has 0 radical (unpaired) electrons. The first kappa shape index (κ1) is 59.8. The molecule has 13 atom stereocenters. The van der Waals surface area contributed by atoms with Crippen molar-refractivity contribution in [1.82, 2.24) is 25.5 Å². The Hall–Kier alpha value is -7.78. The first-order valence-electron chi connectivity index (χ1n) is 26.3. The number of aromatic nitrogens is 2. The minimum atomic E-state index is -2.11. The van der Waals surface area contributed by atoms with Gasteiger partial charge in [-0.15, -0.1) is 0 Å². The number of fused-ring (bicyclic) bond motifs is 5. The monoisotopic (exact) mass is 1170 g/mol. The number of rotatable bonds is 18. The second-order valence-corrected chi connectivity index (χ2v) is 20.7. The van der Waals surface area contributed by atoms with Gasteiger partial charge in [-0.1, -0.05) is 13.0 Å². The molecule has 83 heavy (non-hydrogen) atoms. The summed E-state index contributed by atoms with van der Waals surface area (Å²) >= 11 is 0. The Kier molecular flexibility index (Phi) is 17.2. The van der Waals surface area contributed by atoms with Crippen molar-refractivity contribution in [3.63, 3.8) is 0 Å². The van der Waals surface area contributed by atoms with Crippen LogP contribution >= 0.6 is 0 Å². The lowest BCUT2D eigenvalue weighted by molar-refractivity contribution is -0.271. The number of aliphatic hydroxyl groups is 7. The van der Waals surface area contributed by atoms with E-state index in [2.05, 4.69) is 21.3 Å². The highest BCUT2D eigenvalue weighted by molar-refractivity contribution is 5.95. The number of carbonyl (C=O) groups excluding carboxylic acids is 5. The number of cyclic esters (lactones) is 1. The van der Waals surface area contributed by atoms with Gasteiger partial charge in [0.1, 0.15) is 61.4 Å². The summed E-state index contributed by atoms with van der Waals surface area (Å²) in [6.45, 7) is 2.01. The molecule has 446 valence electrons. The largest absolute Gasteiger partial charge is 0.479 e. The summed E-state index contributed by atoms with van der Waals surface area (Å²) in [5.74, 6) is -7.34. The van der Waals surface area contributed by atoms with Gasteiger partial charge in [0.2, 0.25) is 24.0 Å². The third kappa shape index (κ3) is 11.5. The van der Waals surface area contributed by atoms with Gasteiger partial charge in [0.25, 0.3) is 5.56 Å². The van der Waals surface area contributed by atoms with Crippen LogP contribution in [0.5, 0.6) is 5.75 Å². The number of ether oxygens (including phenoxy) is 5. The van der Waals surface area contributed by atoms with Crippen LogP contribution in [-0.4, -0.2) is 171 Å². The fourth-order valence-corrected chi connectivity index (χ4v) is 10.9. The number of nitrogens with one attached hydrogen (secondary N) is 4. The van der Waals surface area contributed by atoms with Crippen LogP contribution in [-0.2, 0) is 79.5 Å². The molecule has 4 amide bonds. The van der Waals surface area contributed by atoms with Crippen LogP contribution in [0.15, 0.2) is 35.1 Å². The molecule has 2 fully saturated rings. The number of alkyl carbamates (subject to hydrolysis) is 1. The van der Waals surface area contributed by atoms with Gasteiger partial charge in [-0.3, -0.25) is 19.2 Å². The Bertz CT molecular complexity index is 3360. The number of aliphatic hydroxyl groups excluding tert-OH is 6. The molecule has 2 saturated heterocycles. The smallest absolute Gasteiger partial charge is 0.407 e. The standard InChI is InChI=1S/C53H60FN7O22/c1-3-53(78)24-14-30-36-22(16-61(30)47(71)23(24)18-79-51(53)76)35-27(9-8-21-19(2)25(54)15-29(58-36)34(21)35)59-52(77)80-17-20-7-10-31(81-50-42(69)38(65)40(67)44(83-50)49(74)75)28(13-20)57-33(63)11-12-56-45(70)26(55)5-4-6-32(62)60-46-41(68)37(64)39(66)43(82-46)48(72)73/h7,10,13-15,26-27,37-44,46,50,64-69,78H,3-6,8-9,11-12,16-18,55H2,1-2H3,(H,56,70)(H,57,63)(H,59,77)(H,60,62)(H,72,73)(H,74,75)/t26-,27-,37-,38-,39-,40-,41+,42+,43-,44-,46-,50+,53-/m0/s1. The summed E-state index contributed by atoms with van der Waals surface area (Å²) in [7, 11) is 0. The minimum Gasteiger partial charge on any atom is -0.479 e. The van der Waals surface area contributed by atoms with E-state index in [1.165, 1.54) is 34.9 Å². The van der Waals surface area contributed by atoms with E-state index in [0.29, 0.717) is 34.1 Å². The molecule has 29 nitrogen and oxygen atoms in total. The quantitative estimate of drug-likeness (QED) is 0.0409. The molecule has 5 aliphatic rings. The van der Waals surface area contributed by atoms with E-state index in [4.69, 9.17) is 34.4 Å². The zero-order chi connectivity index (χ0) is 60.1. The number of nitrogens with two attached hydrogens (primary N) is 1. The van der Waals surface area contributed by atoms with Crippen molar-refractivity contribution >= 4 is 58.3 Å². The summed E-state index contributed by atoms with van der Waals surface area (Å²) < 4.78 is 43.9. The average Bonchev–Trinajstić information content (AvgIpc) is 3.26. The molecule has 9 rings (SSSR count). The van der Waals surface area contributed by atoms with Gasteiger partial charge < -0.3 is 101 Å². The van der Waals surface area contributed by atoms with Crippen LogP contribution < -0.4 is 37.3 Å². The summed E-state index contributed by atoms with van der Waals surface area (Å²) in [4.78, 5) is 108. The fraction of sp³-hybridized carbons (Fsp3) is 0.491. The van der Waals surface area contributed by atoms with Crippen LogP contribution in [0.1, 0.15) is 90.4 Å². The Labute approximate surface area is 468 Å². The van der Waals surface area contributed by atoms with Crippen molar-refractivity contribution in [2.45, 2.75) is 158 Å². The number of carbonyl (C=O) groups is 7. The molecule has 0 saturated carbocycles. The Morgan fingerprint density at radius 3 is 2.28 bits per heavy atom. The lowest BCUT2D eigenvalue weighted by Crippen LogP contribution is -2.64. The predicted octanol–water partition coefficient (Wildman–Crippen LogP) is -2.34. The maximum absolute atomic E-state index is 15.5. The molecule has 6 heterocycles. The van der Waals surface area contributed by atoms with Crippen LogP contribution in [0, 0.1) is 12.7 Å². The first-order valence-corrected chi connectivity index (χ1v) is 26.3. The third-order valence-electron chi connectivity index (χ3n) is 15.5.